The Hall–Kier alpha value is -0.730. The largest absolute Gasteiger partial charge is 0.489 e. The molecule has 17 heavy (non-hydrogen) atoms. The summed E-state index contributed by atoms with van der Waals surface area (Å²) in [6, 6.07) is 6.84. The van der Waals surface area contributed by atoms with Crippen LogP contribution in [0, 0.1) is 0 Å². The van der Waals surface area contributed by atoms with Gasteiger partial charge in [0.2, 0.25) is 0 Å². The highest BCUT2D eigenvalue weighted by atomic mass is 35.5. The van der Waals surface area contributed by atoms with Gasteiger partial charge in [0, 0.05) is 6.04 Å². The lowest BCUT2D eigenvalue weighted by Gasteiger charge is -2.12. The third kappa shape index (κ3) is 4.21. The Morgan fingerprint density at radius 1 is 1.41 bits per heavy atom. The fraction of sp³-hybridized carbons (Fsp3) is 0.571. The van der Waals surface area contributed by atoms with E-state index in [-0.39, 0.29) is 6.10 Å². The fourth-order valence-electron chi connectivity index (χ4n) is 1.76. The van der Waals surface area contributed by atoms with Crippen molar-refractivity contribution in [2.75, 3.05) is 6.54 Å². The van der Waals surface area contributed by atoms with Crippen LogP contribution in [0.25, 0.3) is 0 Å². The fourth-order valence-corrected chi connectivity index (χ4v) is 2.01. The number of benzene rings is 1. The number of ether oxygens (including phenoxy) is 1. The Bertz CT molecular complexity index is 374. The molecule has 0 bridgehead atoms. The molecule has 0 aromatic heterocycles. The molecule has 0 radical (unpaired) electrons. The first kappa shape index (κ1) is 12.7. The quantitative estimate of drug-likeness (QED) is 0.839. The molecule has 1 aliphatic rings. The minimum absolute atomic E-state index is 0.162. The summed E-state index contributed by atoms with van der Waals surface area (Å²) in [6.07, 6.45) is 3.86. The Kier molecular flexibility index (Phi) is 4.30. The maximum atomic E-state index is 6.18. The summed E-state index contributed by atoms with van der Waals surface area (Å²) in [7, 11) is 0. The average Bonchev–Trinajstić information content (AvgIpc) is 3.05. The van der Waals surface area contributed by atoms with Gasteiger partial charge in [-0.2, -0.15) is 0 Å². The van der Waals surface area contributed by atoms with E-state index >= 15 is 0 Å². The van der Waals surface area contributed by atoms with Gasteiger partial charge in [-0.15, -0.1) is 0 Å². The standard InChI is InChI=1S/C14H20ClNO/c1-10(2)17-14-6-3-11(9-13(14)15)7-8-16-12-4-5-12/h3,6,9-10,12,16H,4-5,7-8H2,1-2H3. The van der Waals surface area contributed by atoms with E-state index in [9.17, 15) is 0 Å². The van der Waals surface area contributed by atoms with E-state index in [1.165, 1.54) is 18.4 Å². The van der Waals surface area contributed by atoms with Gasteiger partial charge in [0.15, 0.2) is 0 Å². The highest BCUT2D eigenvalue weighted by Gasteiger charge is 2.19. The van der Waals surface area contributed by atoms with Crippen molar-refractivity contribution in [3.8, 4) is 5.75 Å². The molecule has 1 aromatic carbocycles. The van der Waals surface area contributed by atoms with Gasteiger partial charge in [-0.05, 0) is 57.4 Å². The molecule has 0 unspecified atom stereocenters. The van der Waals surface area contributed by atoms with E-state index < -0.39 is 0 Å². The Morgan fingerprint density at radius 2 is 2.18 bits per heavy atom. The van der Waals surface area contributed by atoms with Crippen LogP contribution < -0.4 is 10.1 Å². The van der Waals surface area contributed by atoms with Gasteiger partial charge in [-0.1, -0.05) is 17.7 Å². The highest BCUT2D eigenvalue weighted by molar-refractivity contribution is 6.32. The van der Waals surface area contributed by atoms with Crippen molar-refractivity contribution in [3.05, 3.63) is 28.8 Å². The lowest BCUT2D eigenvalue weighted by atomic mass is 10.1. The zero-order chi connectivity index (χ0) is 12.3. The molecule has 0 aliphatic heterocycles. The molecule has 94 valence electrons. The van der Waals surface area contributed by atoms with Gasteiger partial charge in [-0.3, -0.25) is 0 Å². The van der Waals surface area contributed by atoms with Crippen LogP contribution in [0.1, 0.15) is 32.3 Å². The minimum Gasteiger partial charge on any atom is -0.489 e. The van der Waals surface area contributed by atoms with Crippen LogP contribution in [0.3, 0.4) is 0 Å². The van der Waals surface area contributed by atoms with Gasteiger partial charge in [0.1, 0.15) is 5.75 Å². The number of hydrogen-bond acceptors (Lipinski definition) is 2. The number of hydrogen-bond donors (Lipinski definition) is 1. The summed E-state index contributed by atoms with van der Waals surface area (Å²) in [5.74, 6) is 0.778. The molecule has 0 saturated heterocycles. The van der Waals surface area contributed by atoms with E-state index in [0.29, 0.717) is 5.02 Å². The first-order valence-corrected chi connectivity index (χ1v) is 6.71. The molecule has 0 atom stereocenters. The van der Waals surface area contributed by atoms with Crippen molar-refractivity contribution in [1.82, 2.24) is 5.32 Å². The molecule has 1 aromatic rings. The molecule has 3 heteroatoms. The molecule has 1 N–H and O–H groups in total. The molecule has 0 heterocycles. The van der Waals surface area contributed by atoms with Gasteiger partial charge in [-0.25, -0.2) is 0 Å². The third-order valence-electron chi connectivity index (χ3n) is 2.78. The predicted octanol–water partition coefficient (Wildman–Crippen LogP) is 3.42. The second-order valence-electron chi connectivity index (χ2n) is 4.91. The normalized spacial score (nSPS) is 15.3. The Labute approximate surface area is 108 Å². The summed E-state index contributed by atoms with van der Waals surface area (Å²) in [4.78, 5) is 0. The molecular weight excluding hydrogens is 234 g/mol. The van der Waals surface area contributed by atoms with E-state index in [1.54, 1.807) is 0 Å². The van der Waals surface area contributed by atoms with Gasteiger partial charge >= 0.3 is 0 Å². The Morgan fingerprint density at radius 3 is 2.76 bits per heavy atom. The second kappa shape index (κ2) is 5.74. The molecule has 1 saturated carbocycles. The zero-order valence-electron chi connectivity index (χ0n) is 10.5. The molecule has 2 rings (SSSR count). The van der Waals surface area contributed by atoms with Crippen LogP contribution in [-0.4, -0.2) is 18.7 Å². The van der Waals surface area contributed by atoms with Crippen LogP contribution in [0.4, 0.5) is 0 Å². The van der Waals surface area contributed by atoms with Gasteiger partial charge in [0.25, 0.3) is 0 Å². The van der Waals surface area contributed by atoms with Crippen molar-refractivity contribution < 1.29 is 4.74 Å². The molecule has 2 nitrogen and oxygen atoms in total. The average molecular weight is 254 g/mol. The summed E-state index contributed by atoms with van der Waals surface area (Å²) >= 11 is 6.18. The van der Waals surface area contributed by atoms with Gasteiger partial charge < -0.3 is 10.1 Å². The van der Waals surface area contributed by atoms with E-state index in [4.69, 9.17) is 16.3 Å². The van der Waals surface area contributed by atoms with Gasteiger partial charge in [0.05, 0.1) is 11.1 Å². The monoisotopic (exact) mass is 253 g/mol. The zero-order valence-corrected chi connectivity index (χ0v) is 11.3. The van der Waals surface area contributed by atoms with Crippen LogP contribution >= 0.6 is 11.6 Å². The smallest absolute Gasteiger partial charge is 0.138 e. The van der Waals surface area contributed by atoms with Crippen LogP contribution in [-0.2, 0) is 6.42 Å². The maximum absolute atomic E-state index is 6.18. The number of rotatable bonds is 6. The lowest BCUT2D eigenvalue weighted by molar-refractivity contribution is 0.242. The van der Waals surface area contributed by atoms with E-state index in [1.807, 2.05) is 26.0 Å². The summed E-state index contributed by atoms with van der Waals surface area (Å²) < 4.78 is 5.61. The highest BCUT2D eigenvalue weighted by Crippen LogP contribution is 2.26. The van der Waals surface area contributed by atoms with Crippen molar-refractivity contribution in [1.29, 1.82) is 0 Å². The summed E-state index contributed by atoms with van der Waals surface area (Å²) in [5.41, 5.74) is 1.26. The molecule has 0 spiro atoms. The van der Waals surface area contributed by atoms with Crippen LogP contribution in [0.5, 0.6) is 5.75 Å². The summed E-state index contributed by atoms with van der Waals surface area (Å²) in [5, 5.41) is 4.21. The lowest BCUT2D eigenvalue weighted by Crippen LogP contribution is -2.19. The van der Waals surface area contributed by atoms with Crippen molar-refractivity contribution in [2.45, 2.75) is 45.3 Å². The first-order valence-electron chi connectivity index (χ1n) is 6.33. The SMILES string of the molecule is CC(C)Oc1ccc(CCNC2CC2)cc1Cl. The maximum Gasteiger partial charge on any atom is 0.138 e. The van der Waals surface area contributed by atoms with Crippen molar-refractivity contribution in [3.63, 3.8) is 0 Å². The van der Waals surface area contributed by atoms with Crippen molar-refractivity contribution in [2.24, 2.45) is 0 Å². The number of nitrogens with one attached hydrogen (secondary N) is 1. The minimum atomic E-state index is 0.162. The molecule has 1 aliphatic carbocycles. The third-order valence-corrected chi connectivity index (χ3v) is 3.08. The van der Waals surface area contributed by atoms with Crippen LogP contribution in [0.15, 0.2) is 18.2 Å². The Balaban J connectivity index is 1.87. The van der Waals surface area contributed by atoms with E-state index in [0.717, 1.165) is 24.8 Å². The van der Waals surface area contributed by atoms with E-state index in [2.05, 4.69) is 11.4 Å². The molecular formula is C14H20ClNO. The molecule has 1 fully saturated rings. The topological polar surface area (TPSA) is 21.3 Å². The van der Waals surface area contributed by atoms with Crippen molar-refractivity contribution >= 4 is 11.6 Å². The number of halogens is 1. The molecule has 0 amide bonds. The second-order valence-corrected chi connectivity index (χ2v) is 5.32. The predicted molar refractivity (Wildman–Crippen MR) is 71.9 cm³/mol. The summed E-state index contributed by atoms with van der Waals surface area (Å²) in [6.45, 7) is 5.04. The first-order chi connectivity index (χ1) is 8.15. The van der Waals surface area contributed by atoms with Crippen LogP contribution in [0.2, 0.25) is 5.02 Å².